The van der Waals surface area contributed by atoms with Crippen molar-refractivity contribution in [1.29, 1.82) is 0 Å². The third kappa shape index (κ3) is 4.99. The second-order valence-corrected chi connectivity index (χ2v) is 9.91. The minimum atomic E-state index is -1.22. The standard InChI is InChI=1S/C31H31N5O4/c1-20-13-15-22(16-14-20)29(37)35(18-17-32)26(30(38)34(2)3)28-33-25-23-11-7-8-12-24(23)40-27(25)31(39)36(28)19-21-9-5-4-6-10-21/h4-16,26H,17-19,32H2,1-3H3. The van der Waals surface area contributed by atoms with Crippen molar-refractivity contribution in [3.63, 3.8) is 0 Å². The molecular formula is C31H31N5O4. The van der Waals surface area contributed by atoms with E-state index in [1.54, 1.807) is 32.3 Å². The number of hydrogen-bond donors (Lipinski definition) is 1. The smallest absolute Gasteiger partial charge is 0.297 e. The normalized spacial score (nSPS) is 12.0. The lowest BCUT2D eigenvalue weighted by Gasteiger charge is -2.33. The molecule has 0 aliphatic rings. The highest BCUT2D eigenvalue weighted by Gasteiger charge is 2.37. The van der Waals surface area contributed by atoms with Gasteiger partial charge in [0.15, 0.2) is 6.04 Å². The van der Waals surface area contributed by atoms with Crippen LogP contribution >= 0.6 is 0 Å². The highest BCUT2D eigenvalue weighted by Crippen LogP contribution is 2.29. The highest BCUT2D eigenvalue weighted by molar-refractivity contribution is 6.02. The van der Waals surface area contributed by atoms with Crippen molar-refractivity contribution in [3.05, 3.63) is 112 Å². The monoisotopic (exact) mass is 537 g/mol. The summed E-state index contributed by atoms with van der Waals surface area (Å²) < 4.78 is 7.38. The fourth-order valence-electron chi connectivity index (χ4n) is 4.79. The van der Waals surface area contributed by atoms with Crippen LogP contribution in [0.3, 0.4) is 0 Å². The van der Waals surface area contributed by atoms with Gasteiger partial charge in [0.2, 0.25) is 5.58 Å². The maximum Gasteiger partial charge on any atom is 0.297 e. The number of carbonyl (C=O) groups excluding carboxylic acids is 2. The number of fused-ring (bicyclic) bond motifs is 3. The molecule has 0 bridgehead atoms. The van der Waals surface area contributed by atoms with E-state index in [1.165, 1.54) is 14.4 Å². The number of aromatic nitrogens is 2. The summed E-state index contributed by atoms with van der Waals surface area (Å²) in [5, 5.41) is 0.647. The van der Waals surface area contributed by atoms with E-state index in [0.717, 1.165) is 11.1 Å². The Kier molecular flexibility index (Phi) is 7.48. The third-order valence-electron chi connectivity index (χ3n) is 6.86. The lowest BCUT2D eigenvalue weighted by molar-refractivity contribution is -0.134. The maximum absolute atomic E-state index is 14.1. The van der Waals surface area contributed by atoms with Crippen molar-refractivity contribution in [3.8, 4) is 0 Å². The molecule has 0 saturated carbocycles. The van der Waals surface area contributed by atoms with E-state index in [4.69, 9.17) is 15.1 Å². The van der Waals surface area contributed by atoms with Crippen molar-refractivity contribution >= 4 is 33.9 Å². The highest BCUT2D eigenvalue weighted by atomic mass is 16.3. The first-order chi connectivity index (χ1) is 19.3. The zero-order valence-electron chi connectivity index (χ0n) is 22.7. The van der Waals surface area contributed by atoms with Gasteiger partial charge in [-0.2, -0.15) is 0 Å². The van der Waals surface area contributed by atoms with Gasteiger partial charge < -0.3 is 20.0 Å². The van der Waals surface area contributed by atoms with E-state index in [-0.39, 0.29) is 36.9 Å². The molecule has 0 saturated heterocycles. The van der Waals surface area contributed by atoms with E-state index in [2.05, 4.69) is 0 Å². The van der Waals surface area contributed by atoms with Crippen LogP contribution in [-0.4, -0.2) is 58.4 Å². The van der Waals surface area contributed by atoms with Crippen LogP contribution in [0.5, 0.6) is 0 Å². The van der Waals surface area contributed by atoms with Gasteiger partial charge in [0.25, 0.3) is 17.4 Å². The Morgan fingerprint density at radius 2 is 1.65 bits per heavy atom. The molecule has 9 nitrogen and oxygen atoms in total. The molecule has 5 rings (SSSR count). The van der Waals surface area contributed by atoms with Crippen molar-refractivity contribution in [2.75, 3.05) is 27.2 Å². The summed E-state index contributed by atoms with van der Waals surface area (Å²) in [7, 11) is 3.22. The number of benzene rings is 3. The average Bonchev–Trinajstić information content (AvgIpc) is 3.34. The first-order valence-electron chi connectivity index (χ1n) is 13.0. The molecule has 40 heavy (non-hydrogen) atoms. The molecule has 2 N–H and O–H groups in total. The zero-order valence-corrected chi connectivity index (χ0v) is 22.7. The average molecular weight is 538 g/mol. The fraction of sp³-hybridized carbons (Fsp3) is 0.226. The van der Waals surface area contributed by atoms with Gasteiger partial charge in [-0.25, -0.2) is 4.98 Å². The minimum Gasteiger partial charge on any atom is -0.448 e. The second kappa shape index (κ2) is 11.2. The molecule has 2 amide bonds. The van der Waals surface area contributed by atoms with E-state index >= 15 is 0 Å². The molecule has 2 aromatic heterocycles. The van der Waals surface area contributed by atoms with Gasteiger partial charge in [0, 0.05) is 38.1 Å². The predicted molar refractivity (Wildman–Crippen MR) is 154 cm³/mol. The number of para-hydroxylation sites is 1. The summed E-state index contributed by atoms with van der Waals surface area (Å²) in [6.45, 7) is 2.24. The first kappa shape index (κ1) is 26.8. The van der Waals surface area contributed by atoms with Crippen LogP contribution in [0.1, 0.15) is 33.4 Å². The van der Waals surface area contributed by atoms with E-state index < -0.39 is 17.5 Å². The Morgan fingerprint density at radius 3 is 2.33 bits per heavy atom. The Labute approximate surface area is 231 Å². The Hall–Kier alpha value is -4.76. The summed E-state index contributed by atoms with van der Waals surface area (Å²) in [5.41, 5.74) is 8.71. The van der Waals surface area contributed by atoms with Crippen LogP contribution < -0.4 is 11.3 Å². The number of nitrogens with zero attached hydrogens (tertiary/aromatic N) is 4. The first-order valence-corrected chi connectivity index (χ1v) is 13.0. The largest absolute Gasteiger partial charge is 0.448 e. The number of likely N-dealkylation sites (N-methyl/N-ethyl adjacent to an activating group) is 1. The third-order valence-corrected chi connectivity index (χ3v) is 6.86. The van der Waals surface area contributed by atoms with Crippen molar-refractivity contribution in [2.24, 2.45) is 5.73 Å². The van der Waals surface area contributed by atoms with Crippen LogP contribution in [0.25, 0.3) is 22.1 Å². The molecule has 0 aliphatic heterocycles. The van der Waals surface area contributed by atoms with Crippen LogP contribution in [0, 0.1) is 6.92 Å². The molecule has 5 aromatic rings. The maximum atomic E-state index is 14.1. The number of nitrogens with two attached hydrogens (primary N) is 1. The molecule has 1 unspecified atom stereocenters. The van der Waals surface area contributed by atoms with E-state index in [1.807, 2.05) is 67.6 Å². The topological polar surface area (TPSA) is 115 Å². The SMILES string of the molecule is Cc1ccc(C(=O)N(CCN)C(C(=O)N(C)C)c2nc3c(oc4ccccc43)c(=O)n2Cc2ccccc2)cc1. The summed E-state index contributed by atoms with van der Waals surface area (Å²) in [4.78, 5) is 49.6. The van der Waals surface area contributed by atoms with Gasteiger partial charge in [-0.3, -0.25) is 19.0 Å². The second-order valence-electron chi connectivity index (χ2n) is 9.91. The summed E-state index contributed by atoms with van der Waals surface area (Å²) in [5.74, 6) is -0.654. The number of aryl methyl sites for hydroxylation is 1. The molecule has 2 heterocycles. The van der Waals surface area contributed by atoms with Gasteiger partial charge in [-0.05, 0) is 36.8 Å². The van der Waals surface area contributed by atoms with Gasteiger partial charge in [-0.1, -0.05) is 60.2 Å². The molecule has 204 valence electrons. The summed E-state index contributed by atoms with van der Waals surface area (Å²) in [6.07, 6.45) is 0. The molecule has 1 atom stereocenters. The van der Waals surface area contributed by atoms with E-state index in [0.29, 0.717) is 22.0 Å². The predicted octanol–water partition coefficient (Wildman–Crippen LogP) is 3.73. The molecule has 0 fully saturated rings. The van der Waals surface area contributed by atoms with Crippen molar-refractivity contribution in [1.82, 2.24) is 19.4 Å². The number of hydrogen-bond acceptors (Lipinski definition) is 6. The van der Waals surface area contributed by atoms with Crippen LogP contribution in [0.15, 0.2) is 88.1 Å². The summed E-state index contributed by atoms with van der Waals surface area (Å²) in [6, 6.07) is 22.5. The number of furan rings is 1. The van der Waals surface area contributed by atoms with Gasteiger partial charge in [0.05, 0.1) is 6.54 Å². The molecule has 9 heteroatoms. The molecular weight excluding hydrogens is 506 g/mol. The van der Waals surface area contributed by atoms with Gasteiger partial charge >= 0.3 is 0 Å². The molecule has 3 aromatic carbocycles. The lowest BCUT2D eigenvalue weighted by atomic mass is 10.1. The summed E-state index contributed by atoms with van der Waals surface area (Å²) >= 11 is 0. The quantitative estimate of drug-likeness (QED) is 0.323. The Balaban J connectivity index is 1.79. The van der Waals surface area contributed by atoms with Crippen LogP contribution in [0.4, 0.5) is 0 Å². The fourth-order valence-corrected chi connectivity index (χ4v) is 4.79. The Morgan fingerprint density at radius 1 is 0.975 bits per heavy atom. The van der Waals surface area contributed by atoms with Crippen molar-refractivity contribution < 1.29 is 14.0 Å². The zero-order chi connectivity index (χ0) is 28.4. The van der Waals surface area contributed by atoms with Gasteiger partial charge in [0.1, 0.15) is 16.9 Å². The number of rotatable bonds is 8. The number of amides is 2. The van der Waals surface area contributed by atoms with E-state index in [9.17, 15) is 14.4 Å². The molecule has 0 radical (unpaired) electrons. The lowest BCUT2D eigenvalue weighted by Crippen LogP contribution is -2.47. The molecule has 0 spiro atoms. The van der Waals surface area contributed by atoms with Crippen LogP contribution in [-0.2, 0) is 11.3 Å². The number of carbonyl (C=O) groups is 2. The Bertz CT molecular complexity index is 1740. The van der Waals surface area contributed by atoms with Gasteiger partial charge in [-0.15, -0.1) is 0 Å². The minimum absolute atomic E-state index is 0.0718. The van der Waals surface area contributed by atoms with Crippen molar-refractivity contribution in [2.45, 2.75) is 19.5 Å². The molecule has 0 aliphatic carbocycles. The van der Waals surface area contributed by atoms with Crippen LogP contribution in [0.2, 0.25) is 0 Å².